The number of hydrogen-bond donors (Lipinski definition) is 1. The number of carbonyl (C=O) groups is 2. The lowest BCUT2D eigenvalue weighted by atomic mass is 9.76. The minimum atomic E-state index is -0.231. The quantitative estimate of drug-likeness (QED) is 0.771. The Balaban J connectivity index is 1.16. The molecule has 5 heteroatoms. The van der Waals surface area contributed by atoms with E-state index in [0.29, 0.717) is 11.9 Å². The van der Waals surface area contributed by atoms with Gasteiger partial charge in [-0.25, -0.2) is 0 Å². The Hall–Kier alpha value is -1.88. The Morgan fingerprint density at radius 3 is 2.26 bits per heavy atom. The summed E-state index contributed by atoms with van der Waals surface area (Å²) >= 11 is 0. The van der Waals surface area contributed by atoms with Crippen LogP contribution in [0.5, 0.6) is 0 Å². The maximum absolute atomic E-state index is 13.4. The molecule has 0 radical (unpaired) electrons. The van der Waals surface area contributed by atoms with Gasteiger partial charge < -0.3 is 10.2 Å². The van der Waals surface area contributed by atoms with E-state index in [-0.39, 0.29) is 17.4 Å². The van der Waals surface area contributed by atoms with Crippen LogP contribution in [0.25, 0.3) is 0 Å². The number of benzene rings is 1. The highest BCUT2D eigenvalue weighted by Crippen LogP contribution is 2.44. The molecule has 4 fully saturated rings. The maximum atomic E-state index is 13.4. The first kappa shape index (κ1) is 21.0. The van der Waals surface area contributed by atoms with Crippen molar-refractivity contribution in [1.82, 2.24) is 10.2 Å². The van der Waals surface area contributed by atoms with E-state index in [1.54, 1.807) is 0 Å². The summed E-state index contributed by atoms with van der Waals surface area (Å²) in [6.07, 6.45) is 11.3. The van der Waals surface area contributed by atoms with Gasteiger partial charge in [0.05, 0.1) is 11.5 Å². The van der Waals surface area contributed by atoms with Crippen molar-refractivity contribution in [3.63, 3.8) is 0 Å². The van der Waals surface area contributed by atoms with Gasteiger partial charge in [-0.15, -0.1) is 0 Å². The number of nitrogens with zero attached hydrogens (tertiary/aromatic N) is 2. The Bertz CT molecular complexity index is 802. The van der Waals surface area contributed by atoms with Crippen LogP contribution in [-0.4, -0.2) is 48.4 Å². The zero-order chi connectivity index (χ0) is 21.4. The molecule has 0 bridgehead atoms. The summed E-state index contributed by atoms with van der Waals surface area (Å²) in [5.74, 6) is 1.21. The molecule has 2 saturated carbocycles. The Morgan fingerprint density at radius 1 is 0.968 bits per heavy atom. The Morgan fingerprint density at radius 2 is 1.61 bits per heavy atom. The Labute approximate surface area is 186 Å². The highest BCUT2D eigenvalue weighted by molar-refractivity contribution is 6.00. The average Bonchev–Trinajstić information content (AvgIpc) is 3.61. The van der Waals surface area contributed by atoms with Crippen molar-refractivity contribution >= 4 is 17.5 Å². The fraction of sp³-hybridized carbons (Fsp3) is 0.692. The number of anilines is 1. The summed E-state index contributed by atoms with van der Waals surface area (Å²) in [5.41, 5.74) is 2.23. The number of carbonyl (C=O) groups excluding carboxylic acids is 2. The fourth-order valence-corrected chi connectivity index (χ4v) is 5.95. The molecule has 2 heterocycles. The molecule has 2 amide bonds. The van der Waals surface area contributed by atoms with E-state index in [1.807, 2.05) is 11.8 Å². The predicted molar refractivity (Wildman–Crippen MR) is 123 cm³/mol. The van der Waals surface area contributed by atoms with E-state index in [9.17, 15) is 9.59 Å². The summed E-state index contributed by atoms with van der Waals surface area (Å²) in [5, 5.41) is 3.28. The summed E-state index contributed by atoms with van der Waals surface area (Å²) < 4.78 is 0. The molecular weight excluding hydrogens is 386 g/mol. The van der Waals surface area contributed by atoms with Crippen molar-refractivity contribution < 1.29 is 9.59 Å². The van der Waals surface area contributed by atoms with E-state index in [1.165, 1.54) is 37.7 Å². The molecule has 5 nitrogen and oxygen atoms in total. The normalized spacial score (nSPS) is 25.7. The summed E-state index contributed by atoms with van der Waals surface area (Å²) in [4.78, 5) is 30.5. The lowest BCUT2D eigenvalue weighted by Crippen LogP contribution is -2.53. The number of piperidine rings is 1. The first-order chi connectivity index (χ1) is 15.1. The van der Waals surface area contributed by atoms with Gasteiger partial charge in [-0.05, 0) is 88.6 Å². The largest absolute Gasteiger partial charge is 0.352 e. The third kappa shape index (κ3) is 4.26. The van der Waals surface area contributed by atoms with Crippen molar-refractivity contribution in [2.45, 2.75) is 89.1 Å². The van der Waals surface area contributed by atoms with Crippen molar-refractivity contribution in [2.75, 3.05) is 24.5 Å². The molecule has 31 heavy (non-hydrogen) atoms. The first-order valence-electron chi connectivity index (χ1n) is 12.5. The summed E-state index contributed by atoms with van der Waals surface area (Å²) in [7, 11) is 0. The van der Waals surface area contributed by atoms with Gasteiger partial charge in [-0.2, -0.15) is 0 Å². The van der Waals surface area contributed by atoms with Crippen LogP contribution in [0.15, 0.2) is 24.3 Å². The number of rotatable bonds is 5. The zero-order valence-corrected chi connectivity index (χ0v) is 18.9. The number of hydrogen-bond acceptors (Lipinski definition) is 3. The second-order valence-corrected chi connectivity index (χ2v) is 10.4. The van der Waals surface area contributed by atoms with E-state index in [2.05, 4.69) is 34.5 Å². The molecule has 4 aliphatic rings. The fourth-order valence-electron chi connectivity index (χ4n) is 5.95. The van der Waals surface area contributed by atoms with Crippen LogP contribution in [0.3, 0.4) is 0 Å². The van der Waals surface area contributed by atoms with Crippen molar-refractivity contribution in [3.8, 4) is 0 Å². The number of amides is 2. The predicted octanol–water partition coefficient (Wildman–Crippen LogP) is 4.22. The molecule has 1 atom stereocenters. The van der Waals surface area contributed by atoms with Gasteiger partial charge in [-0.3, -0.25) is 14.5 Å². The molecule has 1 aromatic rings. The topological polar surface area (TPSA) is 52.7 Å². The van der Waals surface area contributed by atoms with Gasteiger partial charge in [0.2, 0.25) is 11.8 Å². The van der Waals surface area contributed by atoms with Gasteiger partial charge in [0.15, 0.2) is 0 Å². The molecule has 5 rings (SSSR count). The first-order valence-corrected chi connectivity index (χ1v) is 12.5. The number of nitrogens with one attached hydrogen (secondary N) is 1. The van der Waals surface area contributed by atoms with Crippen molar-refractivity contribution in [3.05, 3.63) is 29.8 Å². The molecule has 2 aliphatic heterocycles. The summed E-state index contributed by atoms with van der Waals surface area (Å²) in [6, 6.07) is 8.94. The van der Waals surface area contributed by atoms with Crippen LogP contribution in [0.1, 0.15) is 82.6 Å². The smallest absolute Gasteiger partial charge is 0.237 e. The van der Waals surface area contributed by atoms with Gasteiger partial charge in [-0.1, -0.05) is 31.4 Å². The van der Waals surface area contributed by atoms with Gasteiger partial charge in [0, 0.05) is 18.3 Å². The second kappa shape index (κ2) is 8.57. The molecule has 2 saturated heterocycles. The van der Waals surface area contributed by atoms with Crippen LogP contribution >= 0.6 is 0 Å². The van der Waals surface area contributed by atoms with Crippen LogP contribution in [-0.2, 0) is 9.59 Å². The molecule has 1 unspecified atom stereocenters. The van der Waals surface area contributed by atoms with Crippen LogP contribution in [0, 0.1) is 5.41 Å². The molecule has 1 spiro atoms. The third-order valence-corrected chi connectivity index (χ3v) is 8.40. The monoisotopic (exact) mass is 423 g/mol. The van der Waals surface area contributed by atoms with Crippen LogP contribution < -0.4 is 10.2 Å². The molecule has 0 aromatic heterocycles. The van der Waals surface area contributed by atoms with Crippen molar-refractivity contribution in [2.24, 2.45) is 5.41 Å². The maximum Gasteiger partial charge on any atom is 0.237 e. The van der Waals surface area contributed by atoms with Crippen molar-refractivity contribution in [1.29, 1.82) is 0 Å². The van der Waals surface area contributed by atoms with Crippen LogP contribution in [0.4, 0.5) is 5.69 Å². The highest BCUT2D eigenvalue weighted by Gasteiger charge is 2.49. The third-order valence-electron chi connectivity index (χ3n) is 8.40. The Kier molecular flexibility index (Phi) is 5.80. The zero-order valence-electron chi connectivity index (χ0n) is 18.9. The van der Waals surface area contributed by atoms with E-state index in [0.717, 1.165) is 63.3 Å². The van der Waals surface area contributed by atoms with E-state index in [4.69, 9.17) is 0 Å². The van der Waals surface area contributed by atoms with Gasteiger partial charge in [0.25, 0.3) is 0 Å². The average molecular weight is 424 g/mol. The van der Waals surface area contributed by atoms with E-state index >= 15 is 0 Å². The lowest BCUT2D eigenvalue weighted by Gasteiger charge is -2.40. The highest BCUT2D eigenvalue weighted by atomic mass is 16.2. The molecule has 168 valence electrons. The minimum Gasteiger partial charge on any atom is -0.352 e. The van der Waals surface area contributed by atoms with Gasteiger partial charge in [0.1, 0.15) is 0 Å². The lowest BCUT2D eigenvalue weighted by molar-refractivity contribution is -0.131. The second-order valence-electron chi connectivity index (χ2n) is 10.4. The summed E-state index contributed by atoms with van der Waals surface area (Å²) in [6.45, 7) is 4.51. The minimum absolute atomic E-state index is 0.109. The number of likely N-dealkylation sites (tertiary alicyclic amines) is 1. The SMILES string of the molecule is CC(C(=O)NC1CCCCC1)N1CCC2(CCN(c3ccc(C4CC4)cc3)C2=O)CC1. The molecule has 2 aliphatic carbocycles. The molecule has 1 aromatic carbocycles. The van der Waals surface area contributed by atoms with Gasteiger partial charge >= 0.3 is 0 Å². The standard InChI is InChI=1S/C26H37N3O2/c1-19(24(30)27-22-5-3-2-4-6-22)28-16-13-26(14-17-28)15-18-29(25(26)31)23-11-9-21(10-12-23)20-7-8-20/h9-12,19-20,22H,2-8,13-18H2,1H3,(H,27,30). The van der Waals surface area contributed by atoms with E-state index < -0.39 is 0 Å². The van der Waals surface area contributed by atoms with Crippen LogP contribution in [0.2, 0.25) is 0 Å². The molecular formula is C26H37N3O2. The molecule has 1 N–H and O–H groups in total.